The third-order valence-corrected chi connectivity index (χ3v) is 7.63. The molecule has 0 heterocycles. The van der Waals surface area contributed by atoms with Crippen molar-refractivity contribution >= 4 is 23.0 Å². The van der Waals surface area contributed by atoms with Crippen LogP contribution in [0.2, 0.25) is 0 Å². The molecule has 24 heavy (non-hydrogen) atoms. The van der Waals surface area contributed by atoms with Gasteiger partial charge in [-0.1, -0.05) is 106 Å². The molecular weight excluding hydrogens is 309 g/mol. The highest BCUT2D eigenvalue weighted by molar-refractivity contribution is 7.86. The number of nitrogens with one attached hydrogen (secondary N) is 1. The smallest absolute Gasteiger partial charge is 0.0512 e. The topological polar surface area (TPSA) is 23.9 Å². The summed E-state index contributed by atoms with van der Waals surface area (Å²) in [6, 6.07) is 29.2. The maximum atomic E-state index is 9.48. The summed E-state index contributed by atoms with van der Waals surface area (Å²) in [5.41, 5.74) is 1.43. The van der Waals surface area contributed by atoms with Crippen LogP contribution in [0.5, 0.6) is 0 Å². The SMILES string of the molecule is CC(C)(C)c1ccc(P(=N)(c2ccccc2)c2ccccc2)cc1. The van der Waals surface area contributed by atoms with E-state index in [1.807, 2.05) is 36.4 Å². The van der Waals surface area contributed by atoms with Crippen molar-refractivity contribution < 1.29 is 0 Å². The van der Waals surface area contributed by atoms with Crippen molar-refractivity contribution in [1.29, 1.82) is 5.16 Å². The summed E-state index contributed by atoms with van der Waals surface area (Å²) < 4.78 is 0. The zero-order valence-electron chi connectivity index (χ0n) is 14.5. The first-order valence-electron chi connectivity index (χ1n) is 8.29. The summed E-state index contributed by atoms with van der Waals surface area (Å²) in [4.78, 5) is 0. The quantitative estimate of drug-likeness (QED) is 0.649. The lowest BCUT2D eigenvalue weighted by molar-refractivity contribution is 0.590. The minimum absolute atomic E-state index is 0.126. The van der Waals surface area contributed by atoms with E-state index in [4.69, 9.17) is 0 Å². The normalized spacial score (nSPS) is 12.1. The molecule has 3 rings (SSSR count). The van der Waals surface area contributed by atoms with Gasteiger partial charge < -0.3 is 5.16 Å². The molecule has 122 valence electrons. The molecule has 1 N–H and O–H groups in total. The molecule has 0 bridgehead atoms. The Labute approximate surface area is 145 Å². The van der Waals surface area contributed by atoms with E-state index >= 15 is 0 Å². The largest absolute Gasteiger partial charge is 0.305 e. The van der Waals surface area contributed by atoms with Gasteiger partial charge >= 0.3 is 0 Å². The highest BCUT2D eigenvalue weighted by Crippen LogP contribution is 2.43. The second-order valence-electron chi connectivity index (χ2n) is 7.14. The predicted molar refractivity (Wildman–Crippen MR) is 107 cm³/mol. The molecule has 0 spiro atoms. The Morgan fingerprint density at radius 2 is 0.958 bits per heavy atom. The molecule has 1 nitrogen and oxygen atoms in total. The monoisotopic (exact) mass is 333 g/mol. The van der Waals surface area contributed by atoms with Crippen LogP contribution in [0.15, 0.2) is 84.9 Å². The van der Waals surface area contributed by atoms with Gasteiger partial charge in [-0.2, -0.15) is 0 Å². The van der Waals surface area contributed by atoms with E-state index in [0.717, 1.165) is 15.9 Å². The van der Waals surface area contributed by atoms with E-state index in [9.17, 15) is 5.16 Å². The minimum atomic E-state index is -2.35. The molecule has 0 saturated heterocycles. The van der Waals surface area contributed by atoms with E-state index in [2.05, 4.69) is 69.3 Å². The van der Waals surface area contributed by atoms with Gasteiger partial charge in [-0.3, -0.25) is 0 Å². The van der Waals surface area contributed by atoms with Crippen LogP contribution in [0.25, 0.3) is 0 Å². The minimum Gasteiger partial charge on any atom is -0.305 e. The van der Waals surface area contributed by atoms with Gasteiger partial charge in [-0.05, 0) is 26.9 Å². The fourth-order valence-corrected chi connectivity index (χ4v) is 5.66. The second kappa shape index (κ2) is 6.42. The first-order chi connectivity index (χ1) is 11.4. The van der Waals surface area contributed by atoms with Gasteiger partial charge in [0.1, 0.15) is 0 Å². The van der Waals surface area contributed by atoms with Crippen molar-refractivity contribution in [3.05, 3.63) is 90.5 Å². The third-order valence-electron chi connectivity index (χ3n) is 4.41. The van der Waals surface area contributed by atoms with E-state index in [1.165, 1.54) is 5.56 Å². The third kappa shape index (κ3) is 3.09. The molecule has 0 atom stereocenters. The average Bonchev–Trinajstić information content (AvgIpc) is 2.62. The summed E-state index contributed by atoms with van der Waals surface area (Å²) in [6.45, 7) is 6.67. The number of rotatable bonds is 3. The number of hydrogen-bond donors (Lipinski definition) is 1. The first kappa shape index (κ1) is 16.7. The molecule has 0 aliphatic rings. The molecule has 0 fully saturated rings. The molecular formula is C22H24NP. The lowest BCUT2D eigenvalue weighted by atomic mass is 9.87. The molecule has 0 amide bonds. The van der Waals surface area contributed by atoms with Gasteiger partial charge in [0.25, 0.3) is 0 Å². The molecule has 3 aromatic carbocycles. The maximum Gasteiger partial charge on any atom is 0.0512 e. The van der Waals surface area contributed by atoms with Crippen LogP contribution in [-0.2, 0) is 5.41 Å². The van der Waals surface area contributed by atoms with E-state index in [-0.39, 0.29) is 5.41 Å². The Bertz CT molecular complexity index is 800. The lowest BCUT2D eigenvalue weighted by Gasteiger charge is -2.26. The van der Waals surface area contributed by atoms with E-state index in [1.54, 1.807) is 0 Å². The molecule has 0 aromatic heterocycles. The van der Waals surface area contributed by atoms with Gasteiger partial charge in [-0.15, -0.1) is 0 Å². The van der Waals surface area contributed by atoms with Gasteiger partial charge in [0.15, 0.2) is 0 Å². The fraction of sp³-hybridized carbons (Fsp3) is 0.182. The standard InChI is InChI=1S/C22H24NP/c1-22(2,3)18-14-16-21(17-15-18)24(23,19-10-6-4-7-11-19)20-12-8-5-9-13-20/h4-17,23H,1-3H3. The van der Waals surface area contributed by atoms with Crippen molar-refractivity contribution in [1.82, 2.24) is 0 Å². The van der Waals surface area contributed by atoms with Gasteiger partial charge in [-0.25, -0.2) is 0 Å². The molecule has 0 aliphatic carbocycles. The molecule has 2 heteroatoms. The predicted octanol–water partition coefficient (Wildman–Crippen LogP) is 5.04. The molecule has 3 aromatic rings. The van der Waals surface area contributed by atoms with Crippen molar-refractivity contribution in [2.45, 2.75) is 26.2 Å². The molecule has 0 unspecified atom stereocenters. The van der Waals surface area contributed by atoms with E-state index < -0.39 is 7.05 Å². The summed E-state index contributed by atoms with van der Waals surface area (Å²) in [5.74, 6) is 0. The Morgan fingerprint density at radius 1 is 0.583 bits per heavy atom. The van der Waals surface area contributed by atoms with Crippen LogP contribution in [0.1, 0.15) is 26.3 Å². The van der Waals surface area contributed by atoms with Crippen LogP contribution in [0.3, 0.4) is 0 Å². The van der Waals surface area contributed by atoms with Crippen molar-refractivity contribution in [2.24, 2.45) is 0 Å². The fourth-order valence-electron chi connectivity index (χ4n) is 2.94. The van der Waals surface area contributed by atoms with Crippen LogP contribution >= 0.6 is 7.05 Å². The Morgan fingerprint density at radius 3 is 1.33 bits per heavy atom. The highest BCUT2D eigenvalue weighted by atomic mass is 31.2. The summed E-state index contributed by atoms with van der Waals surface area (Å²) in [7, 11) is -2.35. The Kier molecular flexibility index (Phi) is 4.47. The number of benzene rings is 3. The van der Waals surface area contributed by atoms with Crippen LogP contribution < -0.4 is 15.9 Å². The van der Waals surface area contributed by atoms with Crippen molar-refractivity contribution in [3.8, 4) is 0 Å². The average molecular weight is 333 g/mol. The highest BCUT2D eigenvalue weighted by Gasteiger charge is 2.25. The Balaban J connectivity index is 2.18. The van der Waals surface area contributed by atoms with Gasteiger partial charge in [0.2, 0.25) is 0 Å². The van der Waals surface area contributed by atoms with E-state index in [0.29, 0.717) is 0 Å². The second-order valence-corrected chi connectivity index (χ2v) is 10.0. The van der Waals surface area contributed by atoms with Gasteiger partial charge in [0, 0.05) is 0 Å². The summed E-state index contributed by atoms with van der Waals surface area (Å²) in [6.07, 6.45) is 0. The zero-order chi connectivity index (χ0) is 17.2. The summed E-state index contributed by atoms with van der Waals surface area (Å²) >= 11 is 0. The van der Waals surface area contributed by atoms with Crippen LogP contribution in [-0.4, -0.2) is 0 Å². The first-order valence-corrected chi connectivity index (χ1v) is 10.1. The van der Waals surface area contributed by atoms with Crippen molar-refractivity contribution in [3.63, 3.8) is 0 Å². The van der Waals surface area contributed by atoms with Crippen LogP contribution in [0, 0.1) is 5.16 Å². The molecule has 0 radical (unpaired) electrons. The maximum absolute atomic E-state index is 9.48. The zero-order valence-corrected chi connectivity index (χ0v) is 15.4. The lowest BCUT2D eigenvalue weighted by Crippen LogP contribution is -2.25. The number of hydrogen-bond acceptors (Lipinski definition) is 1. The molecule has 0 saturated carbocycles. The molecule has 0 aliphatic heterocycles. The van der Waals surface area contributed by atoms with Gasteiger partial charge in [0.05, 0.1) is 7.05 Å². The Hall–Kier alpha value is -2.11. The summed E-state index contributed by atoms with van der Waals surface area (Å²) in [5, 5.41) is 12.8. The van der Waals surface area contributed by atoms with Crippen molar-refractivity contribution in [2.75, 3.05) is 0 Å². The van der Waals surface area contributed by atoms with Crippen LogP contribution in [0.4, 0.5) is 0 Å².